The first kappa shape index (κ1) is 16.7. The van der Waals surface area contributed by atoms with Crippen LogP contribution in [0.2, 0.25) is 0 Å². The zero-order valence-electron chi connectivity index (χ0n) is 14.3. The molecule has 0 aliphatic rings. The number of anilines is 1. The molecule has 1 unspecified atom stereocenters. The summed E-state index contributed by atoms with van der Waals surface area (Å²) in [5.41, 5.74) is 2.27. The zero-order valence-corrected chi connectivity index (χ0v) is 14.3. The van der Waals surface area contributed by atoms with Crippen LogP contribution in [0.1, 0.15) is 34.8 Å². The van der Waals surface area contributed by atoms with Gasteiger partial charge in [0, 0.05) is 33.0 Å². The highest BCUT2D eigenvalue weighted by atomic mass is 16.2. The lowest BCUT2D eigenvalue weighted by Gasteiger charge is -2.15. The quantitative estimate of drug-likeness (QED) is 0.916. The van der Waals surface area contributed by atoms with Gasteiger partial charge in [-0.05, 0) is 26.8 Å². The highest BCUT2D eigenvalue weighted by Crippen LogP contribution is 2.22. The van der Waals surface area contributed by atoms with E-state index >= 15 is 0 Å². The van der Waals surface area contributed by atoms with Gasteiger partial charge in [0.2, 0.25) is 5.91 Å². The highest BCUT2D eigenvalue weighted by molar-refractivity contribution is 6.03. The third-order valence-electron chi connectivity index (χ3n) is 3.81. The largest absolute Gasteiger partial charge is 0.343 e. The molecular formula is C15H22N6O2. The molecule has 0 fully saturated rings. The summed E-state index contributed by atoms with van der Waals surface area (Å²) in [6, 6.07) is 1.34. The molecule has 124 valence electrons. The Bertz CT molecular complexity index is 743. The Balaban J connectivity index is 2.31. The molecule has 8 nitrogen and oxygen atoms in total. The molecule has 2 rings (SSSR count). The maximum atomic E-state index is 12.5. The number of hydrogen-bond acceptors (Lipinski definition) is 4. The summed E-state index contributed by atoms with van der Waals surface area (Å²) < 4.78 is 3.21. The third kappa shape index (κ3) is 3.10. The summed E-state index contributed by atoms with van der Waals surface area (Å²) in [4.78, 5) is 26.2. The van der Waals surface area contributed by atoms with Crippen LogP contribution < -0.4 is 5.32 Å². The van der Waals surface area contributed by atoms with E-state index in [1.54, 1.807) is 50.6 Å². The molecule has 0 aliphatic heterocycles. The molecule has 23 heavy (non-hydrogen) atoms. The van der Waals surface area contributed by atoms with Gasteiger partial charge in [0.25, 0.3) is 5.91 Å². The second-order valence-corrected chi connectivity index (χ2v) is 5.71. The van der Waals surface area contributed by atoms with E-state index in [9.17, 15) is 9.59 Å². The molecule has 0 aliphatic carbocycles. The summed E-state index contributed by atoms with van der Waals surface area (Å²) in [6.45, 7) is 5.44. The summed E-state index contributed by atoms with van der Waals surface area (Å²) in [5, 5.41) is 11.2. The number of amides is 2. The molecule has 2 amide bonds. The Morgan fingerprint density at radius 1 is 1.30 bits per heavy atom. The van der Waals surface area contributed by atoms with Crippen LogP contribution >= 0.6 is 0 Å². The van der Waals surface area contributed by atoms with Crippen LogP contribution in [-0.4, -0.2) is 50.4 Å². The molecule has 1 atom stereocenters. The summed E-state index contributed by atoms with van der Waals surface area (Å²) in [6.07, 6.45) is 1.65. The van der Waals surface area contributed by atoms with Crippen LogP contribution in [0.5, 0.6) is 0 Å². The van der Waals surface area contributed by atoms with Crippen LogP contribution in [0.4, 0.5) is 5.69 Å². The zero-order chi connectivity index (χ0) is 17.3. The van der Waals surface area contributed by atoms with E-state index in [2.05, 4.69) is 15.5 Å². The number of carbonyl (C=O) groups excluding carboxylic acids is 2. The van der Waals surface area contributed by atoms with Crippen LogP contribution in [0.15, 0.2) is 12.3 Å². The van der Waals surface area contributed by atoms with Crippen molar-refractivity contribution in [2.45, 2.75) is 26.8 Å². The Morgan fingerprint density at radius 2 is 1.96 bits per heavy atom. The highest BCUT2D eigenvalue weighted by Gasteiger charge is 2.25. The van der Waals surface area contributed by atoms with E-state index in [0.29, 0.717) is 11.4 Å². The van der Waals surface area contributed by atoms with Gasteiger partial charge >= 0.3 is 0 Å². The van der Waals surface area contributed by atoms with Gasteiger partial charge in [-0.25, -0.2) is 0 Å². The van der Waals surface area contributed by atoms with Gasteiger partial charge in [0.15, 0.2) is 5.69 Å². The molecule has 2 aromatic heterocycles. The topological polar surface area (TPSA) is 85.1 Å². The van der Waals surface area contributed by atoms with Gasteiger partial charge in [-0.2, -0.15) is 10.2 Å². The maximum absolute atomic E-state index is 12.5. The smallest absolute Gasteiger partial charge is 0.276 e. The van der Waals surface area contributed by atoms with E-state index in [4.69, 9.17) is 0 Å². The first-order chi connectivity index (χ1) is 10.7. The summed E-state index contributed by atoms with van der Waals surface area (Å²) in [7, 11) is 5.03. The van der Waals surface area contributed by atoms with Crippen LogP contribution in [-0.2, 0) is 11.8 Å². The van der Waals surface area contributed by atoms with Crippen molar-refractivity contribution in [2.24, 2.45) is 7.05 Å². The third-order valence-corrected chi connectivity index (χ3v) is 3.81. The normalized spacial score (nSPS) is 12.1. The summed E-state index contributed by atoms with van der Waals surface area (Å²) >= 11 is 0. The number of nitrogens with one attached hydrogen (secondary N) is 1. The predicted molar refractivity (Wildman–Crippen MR) is 86.3 cm³/mol. The average molecular weight is 318 g/mol. The van der Waals surface area contributed by atoms with Crippen molar-refractivity contribution in [3.63, 3.8) is 0 Å². The number of aryl methyl sites for hydroxylation is 2. The lowest BCUT2D eigenvalue weighted by atomic mass is 10.2. The SMILES string of the molecule is Cc1c(NC(=O)C(C)n2nccc2C)c(C(=O)N(C)C)nn1C. The van der Waals surface area contributed by atoms with Crippen molar-refractivity contribution in [3.8, 4) is 0 Å². The Morgan fingerprint density at radius 3 is 2.48 bits per heavy atom. The monoisotopic (exact) mass is 318 g/mol. The lowest BCUT2D eigenvalue weighted by molar-refractivity contribution is -0.119. The second-order valence-electron chi connectivity index (χ2n) is 5.71. The molecule has 0 saturated carbocycles. The van der Waals surface area contributed by atoms with E-state index < -0.39 is 6.04 Å². The van der Waals surface area contributed by atoms with Crippen LogP contribution in [0, 0.1) is 13.8 Å². The molecule has 8 heteroatoms. The first-order valence-corrected chi connectivity index (χ1v) is 7.30. The molecule has 2 heterocycles. The average Bonchev–Trinajstić information content (AvgIpc) is 3.04. The molecule has 0 radical (unpaired) electrons. The Kier molecular flexibility index (Phi) is 4.53. The van der Waals surface area contributed by atoms with Gasteiger partial charge in [-0.1, -0.05) is 0 Å². The molecular weight excluding hydrogens is 296 g/mol. The molecule has 0 spiro atoms. The number of hydrogen-bond donors (Lipinski definition) is 1. The molecule has 0 aromatic carbocycles. The lowest BCUT2D eigenvalue weighted by Crippen LogP contribution is -2.28. The minimum absolute atomic E-state index is 0.229. The fourth-order valence-corrected chi connectivity index (χ4v) is 2.24. The van der Waals surface area contributed by atoms with E-state index in [1.807, 2.05) is 13.0 Å². The minimum Gasteiger partial charge on any atom is -0.343 e. The number of carbonyl (C=O) groups is 2. The van der Waals surface area contributed by atoms with E-state index in [1.165, 1.54) is 4.90 Å². The van der Waals surface area contributed by atoms with Gasteiger partial charge in [-0.3, -0.25) is 19.0 Å². The minimum atomic E-state index is -0.494. The van der Waals surface area contributed by atoms with Gasteiger partial charge in [-0.15, -0.1) is 0 Å². The maximum Gasteiger partial charge on any atom is 0.276 e. The van der Waals surface area contributed by atoms with Crippen molar-refractivity contribution in [2.75, 3.05) is 19.4 Å². The van der Waals surface area contributed by atoms with Gasteiger partial charge in [0.05, 0.1) is 11.4 Å². The number of rotatable bonds is 4. The predicted octanol–water partition coefficient (Wildman–Crippen LogP) is 1.13. The van der Waals surface area contributed by atoms with E-state index in [-0.39, 0.29) is 17.5 Å². The van der Waals surface area contributed by atoms with Crippen molar-refractivity contribution >= 4 is 17.5 Å². The fraction of sp³-hybridized carbons (Fsp3) is 0.467. The summed E-state index contributed by atoms with van der Waals surface area (Å²) in [5.74, 6) is -0.507. The molecule has 1 N–H and O–H groups in total. The van der Waals surface area contributed by atoms with Crippen molar-refractivity contribution in [1.29, 1.82) is 0 Å². The van der Waals surface area contributed by atoms with Crippen LogP contribution in [0.3, 0.4) is 0 Å². The standard InChI is InChI=1S/C15H22N6O2/c1-9-7-8-16-21(9)11(3)14(22)17-12-10(2)20(6)18-13(12)15(23)19(4)5/h7-8,11H,1-6H3,(H,17,22). The van der Waals surface area contributed by atoms with Crippen LogP contribution in [0.25, 0.3) is 0 Å². The Labute approximate surface area is 135 Å². The fourth-order valence-electron chi connectivity index (χ4n) is 2.24. The number of aromatic nitrogens is 4. The van der Waals surface area contributed by atoms with Crippen molar-refractivity contribution < 1.29 is 9.59 Å². The van der Waals surface area contributed by atoms with Gasteiger partial charge < -0.3 is 10.2 Å². The molecule has 0 saturated heterocycles. The van der Waals surface area contributed by atoms with Crippen molar-refractivity contribution in [1.82, 2.24) is 24.5 Å². The Hall–Kier alpha value is -2.64. The number of nitrogens with zero attached hydrogens (tertiary/aromatic N) is 5. The first-order valence-electron chi connectivity index (χ1n) is 7.30. The van der Waals surface area contributed by atoms with Crippen molar-refractivity contribution in [3.05, 3.63) is 29.3 Å². The molecule has 2 aromatic rings. The van der Waals surface area contributed by atoms with E-state index in [0.717, 1.165) is 5.69 Å². The van der Waals surface area contributed by atoms with Gasteiger partial charge in [0.1, 0.15) is 6.04 Å². The second kappa shape index (κ2) is 6.23. The molecule has 0 bridgehead atoms.